The highest BCUT2D eigenvalue weighted by Gasteiger charge is 2.25. The van der Waals surface area contributed by atoms with Crippen molar-refractivity contribution in [2.75, 3.05) is 6.61 Å². The van der Waals surface area contributed by atoms with Gasteiger partial charge in [-0.25, -0.2) is 4.39 Å². The Bertz CT molecular complexity index is 693. The minimum atomic E-state index is -0.572. The second kappa shape index (κ2) is 8.23. The lowest BCUT2D eigenvalue weighted by Crippen LogP contribution is -2.17. The van der Waals surface area contributed by atoms with E-state index < -0.39 is 17.0 Å². The molecule has 3 rings (SSSR count). The van der Waals surface area contributed by atoms with Crippen LogP contribution in [0.15, 0.2) is 17.0 Å². The first-order valence-corrected chi connectivity index (χ1v) is 9.59. The molecule has 1 aromatic rings. The van der Waals surface area contributed by atoms with E-state index in [-0.39, 0.29) is 15.7 Å². The van der Waals surface area contributed by atoms with Crippen LogP contribution in [0, 0.1) is 11.7 Å². The molecule has 7 heteroatoms. The number of thioether (sulfide) groups is 1. The molecule has 0 radical (unpaired) electrons. The van der Waals surface area contributed by atoms with Crippen LogP contribution >= 0.6 is 23.4 Å². The topological polar surface area (TPSA) is 55.4 Å². The molecular formula is C18H19ClFNO3S. The largest absolute Gasteiger partial charge is 0.489 e. The molecule has 0 spiro atoms. The summed E-state index contributed by atoms with van der Waals surface area (Å²) in [7, 11) is 0. The zero-order chi connectivity index (χ0) is 17.8. The van der Waals surface area contributed by atoms with Gasteiger partial charge in [-0.2, -0.15) is 0 Å². The van der Waals surface area contributed by atoms with Gasteiger partial charge in [0.2, 0.25) is 0 Å². The molecule has 1 aliphatic carbocycles. The lowest BCUT2D eigenvalue weighted by Gasteiger charge is -2.21. The lowest BCUT2D eigenvalue weighted by atomic mass is 9.87. The average Bonchev–Trinajstić information content (AvgIpc) is 2.88. The fourth-order valence-electron chi connectivity index (χ4n) is 3.18. The molecule has 25 heavy (non-hydrogen) atoms. The minimum Gasteiger partial charge on any atom is -0.489 e. The zero-order valence-electron chi connectivity index (χ0n) is 13.6. The van der Waals surface area contributed by atoms with Crippen molar-refractivity contribution < 1.29 is 18.7 Å². The molecule has 1 saturated heterocycles. The summed E-state index contributed by atoms with van der Waals surface area (Å²) in [6.07, 6.45) is 8.59. The highest BCUT2D eigenvalue weighted by atomic mass is 35.5. The maximum absolute atomic E-state index is 14.3. The van der Waals surface area contributed by atoms with Crippen LogP contribution in [0.5, 0.6) is 5.75 Å². The van der Waals surface area contributed by atoms with Gasteiger partial charge in [-0.15, -0.1) is 0 Å². The van der Waals surface area contributed by atoms with Gasteiger partial charge < -0.3 is 4.74 Å². The Morgan fingerprint density at radius 3 is 2.68 bits per heavy atom. The molecule has 0 atom stereocenters. The van der Waals surface area contributed by atoms with Crippen molar-refractivity contribution >= 4 is 40.6 Å². The normalized spacial score (nSPS) is 20.2. The van der Waals surface area contributed by atoms with E-state index in [1.165, 1.54) is 50.3 Å². The van der Waals surface area contributed by atoms with Crippen LogP contribution in [0.3, 0.4) is 0 Å². The fourth-order valence-corrected chi connectivity index (χ4v) is 4.13. The van der Waals surface area contributed by atoms with Crippen LogP contribution in [0.25, 0.3) is 6.08 Å². The van der Waals surface area contributed by atoms with Crippen LogP contribution in [-0.4, -0.2) is 17.8 Å². The van der Waals surface area contributed by atoms with Crippen LogP contribution in [-0.2, 0) is 4.79 Å². The molecule has 1 saturated carbocycles. The molecule has 1 heterocycles. The van der Waals surface area contributed by atoms with E-state index in [1.807, 2.05) is 0 Å². The summed E-state index contributed by atoms with van der Waals surface area (Å²) in [5.74, 6) is -0.369. The summed E-state index contributed by atoms with van der Waals surface area (Å²) < 4.78 is 19.9. The summed E-state index contributed by atoms with van der Waals surface area (Å²) in [5.41, 5.74) is 0.412. The van der Waals surface area contributed by atoms with Crippen molar-refractivity contribution in [2.45, 2.75) is 38.5 Å². The summed E-state index contributed by atoms with van der Waals surface area (Å²) in [6.45, 7) is 0.439. The van der Waals surface area contributed by atoms with Gasteiger partial charge in [-0.1, -0.05) is 43.7 Å². The number of hydrogen-bond donors (Lipinski definition) is 1. The summed E-state index contributed by atoms with van der Waals surface area (Å²) in [6, 6.07) is 2.79. The van der Waals surface area contributed by atoms with Gasteiger partial charge in [0.05, 0.1) is 16.5 Å². The second-order valence-corrected chi connectivity index (χ2v) is 7.73. The van der Waals surface area contributed by atoms with Gasteiger partial charge in [0.25, 0.3) is 11.1 Å². The highest BCUT2D eigenvalue weighted by Crippen LogP contribution is 2.33. The third-order valence-electron chi connectivity index (χ3n) is 4.46. The molecule has 134 valence electrons. The molecule has 0 bridgehead atoms. The van der Waals surface area contributed by atoms with Crippen LogP contribution in [0.4, 0.5) is 9.18 Å². The number of benzene rings is 1. The van der Waals surface area contributed by atoms with E-state index >= 15 is 0 Å². The smallest absolute Gasteiger partial charge is 0.290 e. The number of ether oxygens (including phenoxy) is 1. The molecule has 1 aromatic carbocycles. The number of halogens is 2. The maximum atomic E-state index is 14.3. The Morgan fingerprint density at radius 1 is 1.28 bits per heavy atom. The number of imide groups is 1. The first-order chi connectivity index (χ1) is 12.0. The van der Waals surface area contributed by atoms with Crippen molar-refractivity contribution in [3.63, 3.8) is 0 Å². The van der Waals surface area contributed by atoms with Gasteiger partial charge in [0.1, 0.15) is 0 Å². The van der Waals surface area contributed by atoms with Crippen molar-refractivity contribution in [2.24, 2.45) is 5.92 Å². The number of nitrogens with one attached hydrogen (secondary N) is 1. The Hall–Kier alpha value is -1.53. The van der Waals surface area contributed by atoms with E-state index in [0.717, 1.165) is 18.2 Å². The number of carbonyl (C=O) groups is 2. The summed E-state index contributed by atoms with van der Waals surface area (Å²) in [5, 5.41) is 1.87. The molecule has 4 nitrogen and oxygen atoms in total. The molecule has 1 aliphatic heterocycles. The molecule has 2 aliphatic rings. The number of hydrogen-bond acceptors (Lipinski definition) is 4. The van der Waals surface area contributed by atoms with Gasteiger partial charge in [0.15, 0.2) is 11.6 Å². The van der Waals surface area contributed by atoms with Gasteiger partial charge >= 0.3 is 0 Å². The highest BCUT2D eigenvalue weighted by molar-refractivity contribution is 8.18. The van der Waals surface area contributed by atoms with Crippen LogP contribution in [0.2, 0.25) is 5.02 Å². The molecule has 0 aromatic heterocycles. The number of amides is 2. The molecular weight excluding hydrogens is 365 g/mol. The third-order valence-corrected chi connectivity index (χ3v) is 5.55. The Labute approximate surface area is 155 Å². The van der Waals surface area contributed by atoms with E-state index in [4.69, 9.17) is 16.3 Å². The van der Waals surface area contributed by atoms with Crippen molar-refractivity contribution in [1.82, 2.24) is 5.32 Å². The molecule has 0 unspecified atom stereocenters. The van der Waals surface area contributed by atoms with Crippen molar-refractivity contribution in [1.29, 1.82) is 0 Å². The first kappa shape index (κ1) is 18.3. The maximum Gasteiger partial charge on any atom is 0.290 e. The van der Waals surface area contributed by atoms with Crippen molar-refractivity contribution in [3.05, 3.63) is 33.4 Å². The van der Waals surface area contributed by atoms with E-state index in [2.05, 4.69) is 5.32 Å². The second-order valence-electron chi connectivity index (χ2n) is 6.31. The summed E-state index contributed by atoms with van der Waals surface area (Å²) in [4.78, 5) is 22.9. The third kappa shape index (κ3) is 4.76. The SMILES string of the molecule is O=C1NC(=O)/C(=C/c2cc(F)c(OCCC3CCCCC3)c(Cl)c2)S1. The van der Waals surface area contributed by atoms with Gasteiger partial charge in [0, 0.05) is 0 Å². The quantitative estimate of drug-likeness (QED) is 0.714. The van der Waals surface area contributed by atoms with Gasteiger partial charge in [-0.05, 0) is 47.9 Å². The first-order valence-electron chi connectivity index (χ1n) is 8.39. The average molecular weight is 384 g/mol. The number of carbonyl (C=O) groups excluding carboxylic acids is 2. The van der Waals surface area contributed by atoms with Crippen molar-refractivity contribution in [3.8, 4) is 5.75 Å². The predicted octanol–water partition coefficient (Wildman–Crippen LogP) is 5.15. The van der Waals surface area contributed by atoms with Crippen LogP contribution in [0.1, 0.15) is 44.1 Å². The molecule has 2 fully saturated rings. The Morgan fingerprint density at radius 2 is 2.04 bits per heavy atom. The van der Waals surface area contributed by atoms with E-state index in [9.17, 15) is 14.0 Å². The number of rotatable bonds is 5. The van der Waals surface area contributed by atoms with E-state index in [1.54, 1.807) is 0 Å². The van der Waals surface area contributed by atoms with Gasteiger partial charge in [-0.3, -0.25) is 14.9 Å². The van der Waals surface area contributed by atoms with Crippen LogP contribution < -0.4 is 10.1 Å². The molecule has 2 amide bonds. The standard InChI is InChI=1S/C18H19ClFNO3S/c19-13-8-12(10-15-17(22)21-18(23)25-15)9-14(20)16(13)24-7-6-11-4-2-1-3-5-11/h8-11H,1-7H2,(H,21,22,23)/b15-10-. The lowest BCUT2D eigenvalue weighted by molar-refractivity contribution is -0.115. The molecule has 1 N–H and O–H groups in total. The Balaban J connectivity index is 1.64. The van der Waals surface area contributed by atoms with E-state index in [0.29, 0.717) is 18.1 Å². The monoisotopic (exact) mass is 383 g/mol. The minimum absolute atomic E-state index is 0.0410. The zero-order valence-corrected chi connectivity index (χ0v) is 15.2. The predicted molar refractivity (Wildman–Crippen MR) is 97.2 cm³/mol. The Kier molecular flexibility index (Phi) is 6.02. The summed E-state index contributed by atoms with van der Waals surface area (Å²) >= 11 is 6.92. The fraction of sp³-hybridized carbons (Fsp3) is 0.444.